The number of nitrogens with two attached hydrogens (primary N) is 1. The van der Waals surface area contributed by atoms with Gasteiger partial charge in [-0.05, 0) is 29.2 Å². The van der Waals surface area contributed by atoms with Crippen LogP contribution in [0.2, 0.25) is 0 Å². The first-order chi connectivity index (χ1) is 11.2. The van der Waals surface area contributed by atoms with Crippen molar-refractivity contribution < 1.29 is 4.79 Å². The second kappa shape index (κ2) is 8.30. The molecule has 0 atom stereocenters. The maximum Gasteiger partial charge on any atom is 0.228 e. The quantitative estimate of drug-likeness (QED) is 0.846. The van der Waals surface area contributed by atoms with Crippen molar-refractivity contribution in [2.24, 2.45) is 5.73 Å². The highest BCUT2D eigenvalue weighted by atomic mass is 16.2. The molecule has 0 aliphatic rings. The molecule has 2 aromatic rings. The molecular weight excluding hydrogens is 284 g/mol. The number of amides is 1. The number of para-hydroxylation sites is 1. The van der Waals surface area contributed by atoms with Crippen molar-refractivity contribution in [2.75, 3.05) is 11.4 Å². The average molecular weight is 308 g/mol. The van der Waals surface area contributed by atoms with E-state index in [9.17, 15) is 4.79 Å². The lowest BCUT2D eigenvalue weighted by molar-refractivity contribution is -0.118. The average Bonchev–Trinajstić information content (AvgIpc) is 2.60. The number of hydrogen-bond donors (Lipinski definition) is 1. The Kier molecular flexibility index (Phi) is 6.12. The van der Waals surface area contributed by atoms with Gasteiger partial charge in [0.15, 0.2) is 0 Å². The third-order valence-electron chi connectivity index (χ3n) is 3.93. The van der Waals surface area contributed by atoms with Gasteiger partial charge < -0.3 is 10.6 Å². The van der Waals surface area contributed by atoms with Crippen LogP contribution in [0.25, 0.3) is 6.08 Å². The van der Waals surface area contributed by atoms with E-state index in [4.69, 9.17) is 5.73 Å². The van der Waals surface area contributed by atoms with Crippen LogP contribution < -0.4 is 10.6 Å². The summed E-state index contributed by atoms with van der Waals surface area (Å²) in [7, 11) is 0. The molecule has 0 spiro atoms. The van der Waals surface area contributed by atoms with Gasteiger partial charge in [0.1, 0.15) is 0 Å². The lowest BCUT2D eigenvalue weighted by Gasteiger charge is -2.26. The minimum Gasteiger partial charge on any atom is -0.330 e. The Labute approximate surface area is 138 Å². The molecule has 2 aromatic carbocycles. The molecule has 120 valence electrons. The first kappa shape index (κ1) is 17.0. The van der Waals surface area contributed by atoms with Gasteiger partial charge in [-0.3, -0.25) is 4.79 Å². The molecule has 2 rings (SSSR count). The molecule has 0 aromatic heterocycles. The van der Waals surface area contributed by atoms with Crippen LogP contribution in [-0.4, -0.2) is 12.5 Å². The predicted molar refractivity (Wildman–Crippen MR) is 97.2 cm³/mol. The fourth-order valence-corrected chi connectivity index (χ4v) is 2.69. The maximum absolute atomic E-state index is 12.6. The molecule has 2 N–H and O–H groups in total. The van der Waals surface area contributed by atoms with Crippen LogP contribution in [0.5, 0.6) is 0 Å². The number of hydrogen-bond acceptors (Lipinski definition) is 2. The summed E-state index contributed by atoms with van der Waals surface area (Å²) in [6.45, 7) is 6.84. The van der Waals surface area contributed by atoms with E-state index in [1.165, 1.54) is 0 Å². The Morgan fingerprint density at radius 2 is 1.78 bits per heavy atom. The van der Waals surface area contributed by atoms with Crippen LogP contribution in [0.3, 0.4) is 0 Å². The zero-order chi connectivity index (χ0) is 16.7. The number of nitrogens with zero attached hydrogens (tertiary/aromatic N) is 1. The second-order valence-electron chi connectivity index (χ2n) is 5.40. The number of benzene rings is 2. The SMILES string of the molecule is C=Cc1ccccc1CN(C(=O)CCN)c1ccccc1CC. The lowest BCUT2D eigenvalue weighted by atomic mass is 10.0. The Morgan fingerprint density at radius 3 is 2.43 bits per heavy atom. The van der Waals surface area contributed by atoms with Crippen molar-refractivity contribution in [3.8, 4) is 0 Å². The van der Waals surface area contributed by atoms with E-state index in [1.807, 2.05) is 53.4 Å². The summed E-state index contributed by atoms with van der Waals surface area (Å²) in [6, 6.07) is 16.1. The first-order valence-electron chi connectivity index (χ1n) is 8.00. The smallest absolute Gasteiger partial charge is 0.228 e. The normalized spacial score (nSPS) is 10.3. The van der Waals surface area contributed by atoms with Crippen LogP contribution in [0.4, 0.5) is 5.69 Å². The van der Waals surface area contributed by atoms with E-state index in [0.29, 0.717) is 19.5 Å². The van der Waals surface area contributed by atoms with Gasteiger partial charge in [-0.15, -0.1) is 0 Å². The Balaban J connectivity index is 2.42. The highest BCUT2D eigenvalue weighted by Crippen LogP contribution is 2.25. The Hall–Kier alpha value is -2.39. The van der Waals surface area contributed by atoms with Gasteiger partial charge >= 0.3 is 0 Å². The van der Waals surface area contributed by atoms with Gasteiger partial charge in [0.2, 0.25) is 5.91 Å². The highest BCUT2D eigenvalue weighted by Gasteiger charge is 2.18. The Morgan fingerprint density at radius 1 is 1.13 bits per heavy atom. The molecule has 0 bridgehead atoms. The summed E-state index contributed by atoms with van der Waals surface area (Å²) < 4.78 is 0. The third-order valence-corrected chi connectivity index (χ3v) is 3.93. The minimum atomic E-state index is 0.0484. The molecule has 23 heavy (non-hydrogen) atoms. The van der Waals surface area contributed by atoms with E-state index < -0.39 is 0 Å². The predicted octanol–water partition coefficient (Wildman–Crippen LogP) is 3.77. The molecule has 0 aliphatic heterocycles. The zero-order valence-electron chi connectivity index (χ0n) is 13.7. The van der Waals surface area contributed by atoms with Crippen LogP contribution >= 0.6 is 0 Å². The fourth-order valence-electron chi connectivity index (χ4n) is 2.69. The van der Waals surface area contributed by atoms with Crippen molar-refractivity contribution in [3.63, 3.8) is 0 Å². The molecule has 3 nitrogen and oxygen atoms in total. The molecule has 0 heterocycles. The van der Waals surface area contributed by atoms with Crippen molar-refractivity contribution in [1.82, 2.24) is 0 Å². The van der Waals surface area contributed by atoms with Crippen LogP contribution in [0, 0.1) is 0 Å². The van der Waals surface area contributed by atoms with Crippen molar-refractivity contribution >= 4 is 17.7 Å². The molecule has 0 unspecified atom stereocenters. The van der Waals surface area contributed by atoms with Gasteiger partial charge in [-0.2, -0.15) is 0 Å². The summed E-state index contributed by atoms with van der Waals surface area (Å²) in [4.78, 5) is 14.5. The number of anilines is 1. The van der Waals surface area contributed by atoms with E-state index in [1.54, 1.807) is 0 Å². The third kappa shape index (κ3) is 4.08. The van der Waals surface area contributed by atoms with Crippen molar-refractivity contribution in [2.45, 2.75) is 26.3 Å². The summed E-state index contributed by atoms with van der Waals surface area (Å²) in [5.41, 5.74) is 9.86. The highest BCUT2D eigenvalue weighted by molar-refractivity contribution is 5.94. The van der Waals surface area contributed by atoms with E-state index in [0.717, 1.165) is 28.8 Å². The summed E-state index contributed by atoms with van der Waals surface area (Å²) >= 11 is 0. The molecular formula is C20H24N2O. The van der Waals surface area contributed by atoms with Gasteiger partial charge in [0, 0.05) is 18.7 Å². The molecule has 0 aliphatic carbocycles. The zero-order valence-corrected chi connectivity index (χ0v) is 13.7. The number of rotatable bonds is 7. The van der Waals surface area contributed by atoms with Crippen LogP contribution in [0.1, 0.15) is 30.0 Å². The van der Waals surface area contributed by atoms with E-state index in [-0.39, 0.29) is 5.91 Å². The monoisotopic (exact) mass is 308 g/mol. The molecule has 0 saturated carbocycles. The van der Waals surface area contributed by atoms with Crippen LogP contribution in [0.15, 0.2) is 55.1 Å². The summed E-state index contributed by atoms with van der Waals surface area (Å²) in [5.74, 6) is 0.0484. The maximum atomic E-state index is 12.6. The topological polar surface area (TPSA) is 46.3 Å². The number of carbonyl (C=O) groups is 1. The second-order valence-corrected chi connectivity index (χ2v) is 5.40. The van der Waals surface area contributed by atoms with E-state index >= 15 is 0 Å². The van der Waals surface area contributed by atoms with Crippen molar-refractivity contribution in [3.05, 3.63) is 71.8 Å². The van der Waals surface area contributed by atoms with Gasteiger partial charge in [-0.25, -0.2) is 0 Å². The number of carbonyl (C=O) groups excluding carboxylic acids is 1. The van der Waals surface area contributed by atoms with Gasteiger partial charge in [0.25, 0.3) is 0 Å². The van der Waals surface area contributed by atoms with Crippen molar-refractivity contribution in [1.29, 1.82) is 0 Å². The number of aryl methyl sites for hydroxylation is 1. The van der Waals surface area contributed by atoms with E-state index in [2.05, 4.69) is 19.6 Å². The Bertz CT molecular complexity index is 679. The molecule has 0 saturated heterocycles. The summed E-state index contributed by atoms with van der Waals surface area (Å²) in [5, 5.41) is 0. The lowest BCUT2D eigenvalue weighted by Crippen LogP contribution is -2.32. The minimum absolute atomic E-state index is 0.0484. The first-order valence-corrected chi connectivity index (χ1v) is 8.00. The summed E-state index contributed by atoms with van der Waals surface area (Å²) in [6.07, 6.45) is 3.05. The largest absolute Gasteiger partial charge is 0.330 e. The molecule has 0 radical (unpaired) electrons. The standard InChI is InChI=1S/C20H24N2O/c1-3-16-9-5-6-11-18(16)15-22(20(23)13-14-21)19-12-8-7-10-17(19)4-2/h3,5-12H,1,4,13-15,21H2,2H3. The van der Waals surface area contributed by atoms with Crippen LogP contribution in [-0.2, 0) is 17.8 Å². The van der Waals surface area contributed by atoms with Gasteiger partial charge in [0.05, 0.1) is 6.54 Å². The molecule has 0 fully saturated rings. The molecule has 3 heteroatoms. The van der Waals surface area contributed by atoms with Gasteiger partial charge in [-0.1, -0.05) is 62.0 Å². The molecule has 1 amide bonds. The fraction of sp³-hybridized carbons (Fsp3) is 0.250.